The van der Waals surface area contributed by atoms with Gasteiger partial charge in [-0.1, -0.05) is 23.7 Å². The molecule has 0 bridgehead atoms. The molecule has 128 valence electrons. The van der Waals surface area contributed by atoms with Crippen molar-refractivity contribution in [2.24, 2.45) is 0 Å². The van der Waals surface area contributed by atoms with Gasteiger partial charge < -0.3 is 9.30 Å². The van der Waals surface area contributed by atoms with Crippen molar-refractivity contribution in [3.8, 4) is 5.75 Å². The van der Waals surface area contributed by atoms with E-state index in [1.807, 2.05) is 50.2 Å². The standard InChI is InChI=1S/C19H18ClN3O2/c1-12-9-14(10-13(2)18(12)20)25-11-17(24)23-8-7-22-16-6-4-3-5-15(16)21-19(22)23/h3-6,9-10H,7-8,11H2,1-2H3. The van der Waals surface area contributed by atoms with Gasteiger partial charge in [-0.15, -0.1) is 0 Å². The van der Waals surface area contributed by atoms with Gasteiger partial charge in [0, 0.05) is 18.1 Å². The first-order valence-corrected chi connectivity index (χ1v) is 8.57. The molecule has 0 spiro atoms. The Labute approximate surface area is 150 Å². The van der Waals surface area contributed by atoms with Gasteiger partial charge in [-0.3, -0.25) is 9.69 Å². The van der Waals surface area contributed by atoms with Crippen molar-refractivity contribution in [2.75, 3.05) is 18.1 Å². The summed E-state index contributed by atoms with van der Waals surface area (Å²) in [6.45, 7) is 5.19. The lowest BCUT2D eigenvalue weighted by Gasteiger charge is -2.15. The van der Waals surface area contributed by atoms with Crippen LogP contribution in [0.15, 0.2) is 36.4 Å². The third-order valence-electron chi connectivity index (χ3n) is 4.50. The van der Waals surface area contributed by atoms with Crippen LogP contribution >= 0.6 is 11.6 Å². The minimum Gasteiger partial charge on any atom is -0.484 e. The van der Waals surface area contributed by atoms with Crippen molar-refractivity contribution >= 4 is 34.5 Å². The second-order valence-corrected chi connectivity index (χ2v) is 6.64. The number of amides is 1. The van der Waals surface area contributed by atoms with Crippen molar-refractivity contribution in [3.63, 3.8) is 0 Å². The first-order chi connectivity index (χ1) is 12.0. The molecule has 2 heterocycles. The summed E-state index contributed by atoms with van der Waals surface area (Å²) in [6.07, 6.45) is 0. The summed E-state index contributed by atoms with van der Waals surface area (Å²) in [5, 5.41) is 0.729. The second-order valence-electron chi connectivity index (χ2n) is 6.26. The molecule has 1 amide bonds. The van der Waals surface area contributed by atoms with Gasteiger partial charge >= 0.3 is 0 Å². The summed E-state index contributed by atoms with van der Waals surface area (Å²) in [4.78, 5) is 18.9. The quantitative estimate of drug-likeness (QED) is 0.719. The predicted molar refractivity (Wildman–Crippen MR) is 98.5 cm³/mol. The highest BCUT2D eigenvalue weighted by Crippen LogP contribution is 2.28. The molecule has 1 aromatic heterocycles. The molecule has 3 aromatic rings. The Morgan fingerprint density at radius 3 is 2.68 bits per heavy atom. The number of anilines is 1. The number of para-hydroxylation sites is 2. The van der Waals surface area contributed by atoms with Gasteiger partial charge in [-0.25, -0.2) is 4.98 Å². The van der Waals surface area contributed by atoms with E-state index in [0.29, 0.717) is 18.2 Å². The monoisotopic (exact) mass is 355 g/mol. The maximum atomic E-state index is 12.6. The molecule has 0 radical (unpaired) electrons. The lowest BCUT2D eigenvalue weighted by atomic mass is 10.1. The van der Waals surface area contributed by atoms with Crippen LogP contribution in [0.1, 0.15) is 11.1 Å². The molecule has 0 saturated carbocycles. The Morgan fingerprint density at radius 2 is 1.92 bits per heavy atom. The predicted octanol–water partition coefficient (Wildman–Crippen LogP) is 3.73. The van der Waals surface area contributed by atoms with Crippen LogP contribution in [0, 0.1) is 13.8 Å². The van der Waals surface area contributed by atoms with E-state index in [0.717, 1.165) is 33.7 Å². The number of hydrogen-bond acceptors (Lipinski definition) is 3. The summed E-state index contributed by atoms with van der Waals surface area (Å²) in [6, 6.07) is 11.6. The van der Waals surface area contributed by atoms with E-state index >= 15 is 0 Å². The smallest absolute Gasteiger partial charge is 0.267 e. The van der Waals surface area contributed by atoms with Crippen LogP contribution in [0.25, 0.3) is 11.0 Å². The second kappa shape index (κ2) is 6.08. The van der Waals surface area contributed by atoms with Crippen molar-refractivity contribution in [2.45, 2.75) is 20.4 Å². The topological polar surface area (TPSA) is 47.4 Å². The number of carbonyl (C=O) groups is 1. The number of aryl methyl sites for hydroxylation is 2. The molecule has 1 aliphatic rings. The number of nitrogens with zero attached hydrogens (tertiary/aromatic N) is 3. The van der Waals surface area contributed by atoms with Crippen LogP contribution in [0.2, 0.25) is 5.02 Å². The average Bonchev–Trinajstić information content (AvgIpc) is 3.16. The molecule has 2 aromatic carbocycles. The SMILES string of the molecule is Cc1cc(OCC(=O)N2CCn3c2nc2ccccc23)cc(C)c1Cl. The first-order valence-electron chi connectivity index (χ1n) is 8.20. The Morgan fingerprint density at radius 1 is 1.20 bits per heavy atom. The molecule has 5 nitrogen and oxygen atoms in total. The Balaban J connectivity index is 1.52. The van der Waals surface area contributed by atoms with Gasteiger partial charge in [-0.2, -0.15) is 0 Å². The molecule has 0 unspecified atom stereocenters. The molecular formula is C19H18ClN3O2. The maximum absolute atomic E-state index is 12.6. The molecule has 4 rings (SSSR count). The molecule has 25 heavy (non-hydrogen) atoms. The van der Waals surface area contributed by atoms with Crippen LogP contribution in [-0.4, -0.2) is 28.6 Å². The molecule has 0 fully saturated rings. The number of hydrogen-bond donors (Lipinski definition) is 0. The highest BCUT2D eigenvalue weighted by Gasteiger charge is 2.28. The van der Waals surface area contributed by atoms with Crippen molar-refractivity contribution in [1.82, 2.24) is 9.55 Å². The number of imidazole rings is 1. The lowest BCUT2D eigenvalue weighted by Crippen LogP contribution is -2.33. The van der Waals surface area contributed by atoms with E-state index < -0.39 is 0 Å². The van der Waals surface area contributed by atoms with E-state index in [2.05, 4.69) is 9.55 Å². The molecular weight excluding hydrogens is 338 g/mol. The molecule has 6 heteroatoms. The minimum atomic E-state index is -0.0979. The molecule has 1 aliphatic heterocycles. The van der Waals surface area contributed by atoms with Crippen LogP contribution in [0.5, 0.6) is 5.75 Å². The zero-order valence-corrected chi connectivity index (χ0v) is 14.9. The van der Waals surface area contributed by atoms with Gasteiger partial charge in [0.2, 0.25) is 5.95 Å². The fourth-order valence-corrected chi connectivity index (χ4v) is 3.35. The summed E-state index contributed by atoms with van der Waals surface area (Å²) in [7, 11) is 0. The van der Waals surface area contributed by atoms with Crippen LogP contribution in [0.3, 0.4) is 0 Å². The maximum Gasteiger partial charge on any atom is 0.267 e. The highest BCUT2D eigenvalue weighted by atomic mass is 35.5. The first kappa shape index (κ1) is 16.0. The number of ether oxygens (including phenoxy) is 1. The van der Waals surface area contributed by atoms with E-state index in [9.17, 15) is 4.79 Å². The van der Waals surface area contributed by atoms with E-state index in [-0.39, 0.29) is 12.5 Å². The number of rotatable bonds is 3. The highest BCUT2D eigenvalue weighted by molar-refractivity contribution is 6.32. The van der Waals surface area contributed by atoms with E-state index in [1.165, 1.54) is 0 Å². The molecule has 0 aliphatic carbocycles. The average molecular weight is 356 g/mol. The zero-order valence-electron chi connectivity index (χ0n) is 14.1. The third kappa shape index (κ3) is 2.74. The van der Waals surface area contributed by atoms with Gasteiger partial charge in [0.1, 0.15) is 5.75 Å². The number of aromatic nitrogens is 2. The van der Waals surface area contributed by atoms with Crippen LogP contribution in [0.4, 0.5) is 5.95 Å². The van der Waals surface area contributed by atoms with Crippen molar-refractivity contribution in [1.29, 1.82) is 0 Å². The summed E-state index contributed by atoms with van der Waals surface area (Å²) in [5.74, 6) is 1.25. The van der Waals surface area contributed by atoms with Crippen molar-refractivity contribution < 1.29 is 9.53 Å². The van der Waals surface area contributed by atoms with E-state index in [4.69, 9.17) is 16.3 Å². The number of carbonyl (C=O) groups excluding carboxylic acids is 1. The van der Waals surface area contributed by atoms with Crippen molar-refractivity contribution in [3.05, 3.63) is 52.5 Å². The van der Waals surface area contributed by atoms with Crippen LogP contribution in [-0.2, 0) is 11.3 Å². The fourth-order valence-electron chi connectivity index (χ4n) is 3.24. The Bertz CT molecular complexity index is 957. The van der Waals surface area contributed by atoms with E-state index in [1.54, 1.807) is 4.90 Å². The Kier molecular flexibility index (Phi) is 3.88. The minimum absolute atomic E-state index is 0.0241. The zero-order chi connectivity index (χ0) is 17.6. The van der Waals surface area contributed by atoms with Gasteiger partial charge in [0.15, 0.2) is 6.61 Å². The summed E-state index contributed by atoms with van der Waals surface area (Å²) < 4.78 is 7.77. The Hall–Kier alpha value is -2.53. The largest absolute Gasteiger partial charge is 0.484 e. The number of fused-ring (bicyclic) bond motifs is 3. The summed E-state index contributed by atoms with van der Waals surface area (Å²) >= 11 is 6.17. The summed E-state index contributed by atoms with van der Waals surface area (Å²) in [5.41, 5.74) is 3.83. The third-order valence-corrected chi connectivity index (χ3v) is 5.09. The number of benzene rings is 2. The normalized spacial score (nSPS) is 13.3. The molecule has 0 N–H and O–H groups in total. The fraction of sp³-hybridized carbons (Fsp3) is 0.263. The molecule has 0 saturated heterocycles. The van der Waals surface area contributed by atoms with Gasteiger partial charge in [0.25, 0.3) is 5.91 Å². The molecule has 0 atom stereocenters. The van der Waals surface area contributed by atoms with Crippen LogP contribution < -0.4 is 9.64 Å². The van der Waals surface area contributed by atoms with Gasteiger partial charge in [0.05, 0.1) is 11.0 Å². The van der Waals surface area contributed by atoms with Gasteiger partial charge in [-0.05, 0) is 49.2 Å². The lowest BCUT2D eigenvalue weighted by molar-refractivity contribution is -0.120. The number of halogens is 1.